The van der Waals surface area contributed by atoms with Crippen molar-refractivity contribution in [2.45, 2.75) is 43.7 Å². The molecule has 1 aliphatic rings. The number of sulfone groups is 1. The maximum Gasteiger partial charge on any atom is 0.573 e. The summed E-state index contributed by atoms with van der Waals surface area (Å²) in [6.45, 7) is 2.06. The number of carbonyl (C=O) groups excluding carboxylic acids is 2. The smallest absolute Gasteiger partial charge is 0.406 e. The molecule has 0 saturated carbocycles. The Hall–Kier alpha value is -3.17. The summed E-state index contributed by atoms with van der Waals surface area (Å²) < 4.78 is 117. The third-order valence-corrected chi connectivity index (χ3v) is 7.00. The van der Waals surface area contributed by atoms with Crippen molar-refractivity contribution in [1.82, 2.24) is 0 Å². The van der Waals surface area contributed by atoms with Crippen molar-refractivity contribution in [3.05, 3.63) is 53.1 Å². The number of anilines is 1. The van der Waals surface area contributed by atoms with Gasteiger partial charge in [-0.2, -0.15) is 13.2 Å². The van der Waals surface area contributed by atoms with E-state index in [0.717, 1.165) is 32.0 Å². The van der Waals surface area contributed by atoms with Crippen LogP contribution < -0.4 is 9.64 Å². The number of rotatable bonds is 7. The van der Waals surface area contributed by atoms with Crippen molar-refractivity contribution >= 4 is 27.3 Å². The number of imide groups is 1. The van der Waals surface area contributed by atoms with Crippen LogP contribution in [-0.4, -0.2) is 45.7 Å². The van der Waals surface area contributed by atoms with Gasteiger partial charge in [0.2, 0.25) is 5.91 Å². The molecule has 1 aliphatic heterocycles. The topological polar surface area (TPSA) is 103 Å². The van der Waals surface area contributed by atoms with Crippen molar-refractivity contribution < 1.29 is 58.6 Å². The van der Waals surface area contributed by atoms with Crippen LogP contribution in [0, 0.1) is 0 Å². The number of halogens is 6. The van der Waals surface area contributed by atoms with E-state index in [1.807, 2.05) is 0 Å². The molecule has 37 heavy (non-hydrogen) atoms. The fourth-order valence-electron chi connectivity index (χ4n) is 3.49. The number of methoxy groups -OCH3 is 1. The predicted octanol–water partition coefficient (Wildman–Crippen LogP) is 4.63. The van der Waals surface area contributed by atoms with Gasteiger partial charge in [0, 0.05) is 19.6 Å². The van der Waals surface area contributed by atoms with E-state index in [1.54, 1.807) is 0 Å². The summed E-state index contributed by atoms with van der Waals surface area (Å²) in [5.41, 5.74) is -2.54. The van der Waals surface area contributed by atoms with Gasteiger partial charge in [-0.1, -0.05) is 6.92 Å². The molecule has 8 nitrogen and oxygen atoms in total. The maximum atomic E-state index is 13.5. The van der Waals surface area contributed by atoms with Gasteiger partial charge in [0.05, 0.1) is 27.5 Å². The van der Waals surface area contributed by atoms with E-state index < -0.39 is 74.1 Å². The van der Waals surface area contributed by atoms with Gasteiger partial charge in [0.15, 0.2) is 16.1 Å². The van der Waals surface area contributed by atoms with Gasteiger partial charge in [-0.15, -0.1) is 13.2 Å². The molecular formula is C22H19F6NO7S. The second-order valence-corrected chi connectivity index (χ2v) is 9.95. The molecule has 202 valence electrons. The zero-order chi connectivity index (χ0) is 27.9. The fraction of sp³-hybridized carbons (Fsp3) is 0.364. The zero-order valence-electron chi connectivity index (χ0n) is 19.3. The minimum atomic E-state index is -5.07. The molecule has 2 atom stereocenters. The molecule has 2 amide bonds. The van der Waals surface area contributed by atoms with Gasteiger partial charge >= 0.3 is 12.5 Å². The number of epoxide rings is 1. The molecule has 2 aromatic rings. The van der Waals surface area contributed by atoms with Crippen LogP contribution in [0.5, 0.6) is 5.75 Å². The van der Waals surface area contributed by atoms with E-state index in [4.69, 9.17) is 9.47 Å². The lowest BCUT2D eigenvalue weighted by Gasteiger charge is -2.24. The maximum absolute atomic E-state index is 13.5. The Morgan fingerprint density at radius 2 is 1.70 bits per heavy atom. The number of nitrogens with zero attached hydrogens (tertiary/aromatic N) is 1. The average molecular weight is 555 g/mol. The van der Waals surface area contributed by atoms with Crippen molar-refractivity contribution in [1.29, 1.82) is 0 Å². The van der Waals surface area contributed by atoms with E-state index in [-0.39, 0.29) is 17.3 Å². The summed E-state index contributed by atoms with van der Waals surface area (Å²) in [5.74, 6) is -3.70. The van der Waals surface area contributed by atoms with Crippen LogP contribution in [0.4, 0.5) is 32.0 Å². The summed E-state index contributed by atoms with van der Waals surface area (Å²) >= 11 is 0. The molecule has 1 heterocycles. The number of carbonyl (C=O) groups is 2. The molecule has 0 bridgehead atoms. The Morgan fingerprint density at radius 1 is 1.05 bits per heavy atom. The molecule has 0 N–H and O–H groups in total. The Labute approximate surface area is 206 Å². The van der Waals surface area contributed by atoms with E-state index in [0.29, 0.717) is 17.0 Å². The van der Waals surface area contributed by atoms with Crippen LogP contribution in [0.1, 0.15) is 41.4 Å². The van der Waals surface area contributed by atoms with E-state index >= 15 is 0 Å². The highest BCUT2D eigenvalue weighted by Crippen LogP contribution is 2.45. The molecule has 0 aliphatic carbocycles. The quantitative estimate of drug-likeness (QED) is 0.363. The summed E-state index contributed by atoms with van der Waals surface area (Å²) in [5, 5.41) is 0. The van der Waals surface area contributed by atoms with Crippen LogP contribution in [0.25, 0.3) is 0 Å². The molecule has 15 heteroatoms. The van der Waals surface area contributed by atoms with Gasteiger partial charge in [0.25, 0.3) is 5.91 Å². The largest absolute Gasteiger partial charge is 0.573 e. The summed E-state index contributed by atoms with van der Waals surface area (Å²) in [6.07, 6.45) is -12.0. The van der Waals surface area contributed by atoms with E-state index in [2.05, 4.69) is 4.74 Å². The molecule has 1 fully saturated rings. The summed E-state index contributed by atoms with van der Waals surface area (Å²) in [4.78, 5) is 25.5. The first-order valence-corrected chi connectivity index (χ1v) is 12.0. The second kappa shape index (κ2) is 9.95. The second-order valence-electron chi connectivity index (χ2n) is 7.70. The van der Waals surface area contributed by atoms with Crippen LogP contribution in [0.2, 0.25) is 0 Å². The van der Waals surface area contributed by atoms with E-state index in [9.17, 15) is 44.3 Å². The number of benzene rings is 2. The number of amides is 2. The Balaban J connectivity index is 2.19. The summed E-state index contributed by atoms with van der Waals surface area (Å²) in [7, 11) is -3.17. The minimum absolute atomic E-state index is 0.149. The van der Waals surface area contributed by atoms with Crippen molar-refractivity contribution in [2.75, 3.05) is 17.8 Å². The SMILES string of the molecule is CCS(=O)(=O)c1cc(C(F)(F)F)ccc1C(=O)N(C(C)=O)c1ccc(OC(F)(F)F)cc1C1OC1OC. The third-order valence-electron chi connectivity index (χ3n) is 5.24. The lowest BCUT2D eigenvalue weighted by molar-refractivity contribution is -0.274. The molecule has 1 saturated heterocycles. The number of alkyl halides is 6. The Morgan fingerprint density at radius 3 is 2.19 bits per heavy atom. The monoisotopic (exact) mass is 555 g/mol. The average Bonchev–Trinajstić information content (AvgIpc) is 3.57. The van der Waals surface area contributed by atoms with Crippen molar-refractivity contribution in [2.24, 2.45) is 0 Å². The van der Waals surface area contributed by atoms with Crippen LogP contribution in [0.3, 0.4) is 0 Å². The predicted molar refractivity (Wildman–Crippen MR) is 114 cm³/mol. The lowest BCUT2D eigenvalue weighted by Crippen LogP contribution is -2.37. The molecule has 0 radical (unpaired) electrons. The van der Waals surface area contributed by atoms with Gasteiger partial charge in [-0.3, -0.25) is 9.59 Å². The Kier molecular flexibility index (Phi) is 7.63. The van der Waals surface area contributed by atoms with Gasteiger partial charge < -0.3 is 14.2 Å². The first-order valence-electron chi connectivity index (χ1n) is 10.4. The molecular weight excluding hydrogens is 536 g/mol. The first-order chi connectivity index (χ1) is 17.0. The zero-order valence-corrected chi connectivity index (χ0v) is 20.1. The van der Waals surface area contributed by atoms with Crippen LogP contribution in [-0.2, 0) is 30.3 Å². The van der Waals surface area contributed by atoms with Gasteiger partial charge in [-0.25, -0.2) is 13.3 Å². The third kappa shape index (κ3) is 6.22. The first kappa shape index (κ1) is 28.4. The number of hydrogen-bond acceptors (Lipinski definition) is 7. The molecule has 0 aromatic heterocycles. The Bertz CT molecular complexity index is 1320. The highest BCUT2D eigenvalue weighted by atomic mass is 32.2. The normalized spacial score (nSPS) is 17.9. The highest BCUT2D eigenvalue weighted by molar-refractivity contribution is 7.91. The number of ether oxygens (including phenoxy) is 3. The fourth-order valence-corrected chi connectivity index (χ4v) is 4.60. The minimum Gasteiger partial charge on any atom is -0.406 e. The van der Waals surface area contributed by atoms with Gasteiger partial charge in [-0.05, 0) is 36.4 Å². The van der Waals surface area contributed by atoms with Gasteiger partial charge in [0.1, 0.15) is 11.9 Å². The highest BCUT2D eigenvalue weighted by Gasteiger charge is 2.45. The molecule has 3 rings (SSSR count). The van der Waals surface area contributed by atoms with Crippen molar-refractivity contribution in [3.63, 3.8) is 0 Å². The molecule has 0 spiro atoms. The molecule has 2 unspecified atom stereocenters. The molecule has 2 aromatic carbocycles. The standard InChI is InChI=1S/C22H19F6NO7S/c1-4-37(32,33)17-9-12(21(23,24)25)5-7-14(17)19(31)29(11(2)30)16-8-6-13(36-22(26,27)28)10-15(16)18-20(34-3)35-18/h5-10,18,20H,4H2,1-3H3. The van der Waals surface area contributed by atoms with Crippen LogP contribution >= 0.6 is 0 Å². The number of hydrogen-bond donors (Lipinski definition) is 0. The van der Waals surface area contributed by atoms with E-state index in [1.165, 1.54) is 7.11 Å². The van der Waals surface area contributed by atoms with Crippen molar-refractivity contribution in [3.8, 4) is 5.75 Å². The summed E-state index contributed by atoms with van der Waals surface area (Å²) in [6, 6.07) is 3.98. The van der Waals surface area contributed by atoms with Crippen LogP contribution in [0.15, 0.2) is 41.3 Å². The lowest BCUT2D eigenvalue weighted by atomic mass is 10.1.